The Morgan fingerprint density at radius 3 is 2.43 bits per heavy atom. The number of hydrogen-bond donors (Lipinski definition) is 0. The number of hydrogen-bond acceptors (Lipinski definition) is 4. The summed E-state index contributed by atoms with van der Waals surface area (Å²) in [4.78, 5) is 36.3. The van der Waals surface area contributed by atoms with E-state index in [0.717, 1.165) is 31.3 Å². The minimum Gasteiger partial charge on any atom is -0.458 e. The molecule has 168 valence electrons. The highest BCUT2D eigenvalue weighted by molar-refractivity contribution is 5.99. The van der Waals surface area contributed by atoms with Gasteiger partial charge in [-0.3, -0.25) is 14.4 Å². The topological polar surface area (TPSA) is 60.4 Å². The van der Waals surface area contributed by atoms with Crippen LogP contribution in [0.1, 0.15) is 97.8 Å². The van der Waals surface area contributed by atoms with Gasteiger partial charge in [0.25, 0.3) is 0 Å². The molecule has 0 aromatic rings. The molecule has 0 N–H and O–H groups in total. The average molecular weight is 417 g/mol. The lowest BCUT2D eigenvalue weighted by molar-refractivity contribution is -0.150. The first-order valence-corrected chi connectivity index (χ1v) is 11.9. The molecule has 0 aliphatic heterocycles. The van der Waals surface area contributed by atoms with E-state index in [9.17, 15) is 14.4 Å². The van der Waals surface area contributed by atoms with Crippen molar-refractivity contribution in [3.63, 3.8) is 0 Å². The first-order valence-electron chi connectivity index (χ1n) is 11.9. The van der Waals surface area contributed by atoms with Gasteiger partial charge in [0.15, 0.2) is 5.78 Å². The van der Waals surface area contributed by atoms with Crippen LogP contribution in [0.15, 0.2) is 23.8 Å². The second-order valence-corrected chi connectivity index (χ2v) is 9.55. The molecular formula is C26H40O4. The van der Waals surface area contributed by atoms with E-state index in [1.165, 1.54) is 38.5 Å². The molecule has 0 spiro atoms. The Bertz CT molecular complexity index is 662. The van der Waals surface area contributed by atoms with Crippen molar-refractivity contribution in [1.29, 1.82) is 0 Å². The monoisotopic (exact) mass is 416 g/mol. The fourth-order valence-electron chi connectivity index (χ4n) is 5.02. The molecule has 30 heavy (non-hydrogen) atoms. The van der Waals surface area contributed by atoms with E-state index < -0.39 is 5.92 Å². The molecular weight excluding hydrogens is 376 g/mol. The molecule has 2 aliphatic rings. The summed E-state index contributed by atoms with van der Waals surface area (Å²) < 4.78 is 5.85. The number of rotatable bonds is 12. The highest BCUT2D eigenvalue weighted by Crippen LogP contribution is 2.53. The summed E-state index contributed by atoms with van der Waals surface area (Å²) >= 11 is 0. The molecule has 0 unspecified atom stereocenters. The molecule has 0 bridgehead atoms. The number of allylic oxidation sites excluding steroid dienone is 2. The Kier molecular flexibility index (Phi) is 9.51. The van der Waals surface area contributed by atoms with Crippen LogP contribution < -0.4 is 0 Å². The molecule has 1 fully saturated rings. The van der Waals surface area contributed by atoms with Gasteiger partial charge in [-0.25, -0.2) is 0 Å². The highest BCUT2D eigenvalue weighted by atomic mass is 16.5. The number of aldehydes is 1. The van der Waals surface area contributed by atoms with Gasteiger partial charge in [-0.1, -0.05) is 72.3 Å². The smallest absolute Gasteiger partial charge is 0.306 e. The van der Waals surface area contributed by atoms with Gasteiger partial charge in [-0.2, -0.15) is 0 Å². The van der Waals surface area contributed by atoms with Crippen LogP contribution in [0.25, 0.3) is 0 Å². The highest BCUT2D eigenvalue weighted by Gasteiger charge is 2.49. The number of ketones is 1. The Morgan fingerprint density at radius 1 is 1.17 bits per heavy atom. The Morgan fingerprint density at radius 2 is 1.80 bits per heavy atom. The molecule has 2 aliphatic carbocycles. The number of unbranched alkanes of at least 4 members (excludes halogenated alkanes) is 7. The Balaban J connectivity index is 1.89. The molecule has 2 rings (SSSR count). The number of fused-ring (bicyclic) bond motifs is 1. The maximum atomic E-state index is 12.6. The van der Waals surface area contributed by atoms with Crippen molar-refractivity contribution < 1.29 is 19.1 Å². The van der Waals surface area contributed by atoms with E-state index in [1.54, 1.807) is 6.08 Å². The minimum absolute atomic E-state index is 0.0854. The maximum Gasteiger partial charge on any atom is 0.306 e. The summed E-state index contributed by atoms with van der Waals surface area (Å²) in [5.74, 6) is -0.333. The van der Waals surface area contributed by atoms with Crippen molar-refractivity contribution in [3.8, 4) is 0 Å². The van der Waals surface area contributed by atoms with Crippen molar-refractivity contribution in [2.45, 2.75) is 104 Å². The number of carbonyl (C=O) groups excluding carboxylic acids is 3. The van der Waals surface area contributed by atoms with E-state index in [2.05, 4.69) is 27.4 Å². The summed E-state index contributed by atoms with van der Waals surface area (Å²) in [5.41, 5.74) is 1.04. The van der Waals surface area contributed by atoms with Gasteiger partial charge in [0.05, 0.1) is 5.92 Å². The zero-order valence-electron chi connectivity index (χ0n) is 19.2. The summed E-state index contributed by atoms with van der Waals surface area (Å²) in [6.07, 6.45) is 14.3. The minimum atomic E-state index is -0.453. The zero-order valence-corrected chi connectivity index (χ0v) is 19.2. The summed E-state index contributed by atoms with van der Waals surface area (Å²) in [7, 11) is 0. The summed E-state index contributed by atoms with van der Waals surface area (Å²) in [6.45, 7) is 10.3. The van der Waals surface area contributed by atoms with Crippen LogP contribution in [-0.2, 0) is 19.1 Å². The standard InChI is InChI=1S/C26H40O4/c1-5-6-7-8-9-10-11-12-13-25(29)30-24-15-14-20(3)26(4)17-21(19(2)18-27)23(28)16-22(24)26/h16,18,20-21,24H,2,5-15,17H2,1,3-4H3/t20-,21-,24+,26+/m0/s1. The van der Waals surface area contributed by atoms with Crippen LogP contribution in [0.4, 0.5) is 0 Å². The third-order valence-corrected chi connectivity index (χ3v) is 7.33. The van der Waals surface area contributed by atoms with Crippen molar-refractivity contribution in [2.75, 3.05) is 0 Å². The van der Waals surface area contributed by atoms with Gasteiger partial charge >= 0.3 is 5.97 Å². The molecule has 0 saturated heterocycles. The van der Waals surface area contributed by atoms with Crippen LogP contribution in [-0.4, -0.2) is 24.1 Å². The van der Waals surface area contributed by atoms with Crippen LogP contribution in [0, 0.1) is 17.3 Å². The van der Waals surface area contributed by atoms with Crippen LogP contribution in [0.5, 0.6) is 0 Å². The third-order valence-electron chi connectivity index (χ3n) is 7.33. The predicted molar refractivity (Wildman–Crippen MR) is 120 cm³/mol. The lowest BCUT2D eigenvalue weighted by atomic mass is 9.57. The number of esters is 1. The maximum absolute atomic E-state index is 12.6. The second-order valence-electron chi connectivity index (χ2n) is 9.55. The van der Waals surface area contributed by atoms with Crippen molar-refractivity contribution >= 4 is 18.0 Å². The van der Waals surface area contributed by atoms with E-state index in [1.807, 2.05) is 0 Å². The lowest BCUT2D eigenvalue weighted by Gasteiger charge is -2.49. The van der Waals surface area contributed by atoms with Gasteiger partial charge in [-0.05, 0) is 54.2 Å². The molecule has 0 aromatic carbocycles. The molecule has 0 radical (unpaired) electrons. The average Bonchev–Trinajstić information content (AvgIpc) is 2.72. The lowest BCUT2D eigenvalue weighted by Crippen LogP contribution is -2.45. The second kappa shape index (κ2) is 11.6. The predicted octanol–water partition coefficient (Wildman–Crippen LogP) is 6.14. The largest absolute Gasteiger partial charge is 0.458 e. The summed E-state index contributed by atoms with van der Waals surface area (Å²) in [6, 6.07) is 0. The van der Waals surface area contributed by atoms with Gasteiger partial charge in [0, 0.05) is 6.42 Å². The first kappa shape index (κ1) is 24.6. The molecule has 4 atom stereocenters. The van der Waals surface area contributed by atoms with Crippen molar-refractivity contribution in [1.82, 2.24) is 0 Å². The van der Waals surface area contributed by atoms with E-state index in [-0.39, 0.29) is 23.3 Å². The molecule has 0 heterocycles. The Hall–Kier alpha value is -1.71. The SMILES string of the molecule is C=C(C=O)[C@@H]1C[C@@]2(C)C(=CC1=O)[C@H](OC(=O)CCCCCCCCCC)CC[C@@H]2C. The summed E-state index contributed by atoms with van der Waals surface area (Å²) in [5, 5.41) is 0. The Labute approximate surface area is 182 Å². The van der Waals surface area contributed by atoms with Gasteiger partial charge < -0.3 is 4.74 Å². The number of carbonyl (C=O) groups is 3. The molecule has 0 aromatic heterocycles. The fourth-order valence-corrected chi connectivity index (χ4v) is 5.02. The third kappa shape index (κ3) is 6.15. The van der Waals surface area contributed by atoms with Crippen molar-refractivity contribution in [2.24, 2.45) is 17.3 Å². The molecule has 4 heteroatoms. The van der Waals surface area contributed by atoms with E-state index in [4.69, 9.17) is 4.74 Å². The van der Waals surface area contributed by atoms with Gasteiger partial charge in [-0.15, -0.1) is 0 Å². The molecule has 0 amide bonds. The quantitative estimate of drug-likeness (QED) is 0.166. The molecule has 1 saturated carbocycles. The zero-order chi connectivity index (χ0) is 22.1. The van der Waals surface area contributed by atoms with Gasteiger partial charge in [0.1, 0.15) is 12.4 Å². The van der Waals surface area contributed by atoms with Crippen LogP contribution in [0.2, 0.25) is 0 Å². The number of ether oxygens (including phenoxy) is 1. The normalized spacial score (nSPS) is 28.4. The van der Waals surface area contributed by atoms with Crippen LogP contribution >= 0.6 is 0 Å². The fraction of sp³-hybridized carbons (Fsp3) is 0.731. The van der Waals surface area contributed by atoms with Gasteiger partial charge in [0.2, 0.25) is 0 Å². The van der Waals surface area contributed by atoms with Crippen molar-refractivity contribution in [3.05, 3.63) is 23.8 Å². The first-order chi connectivity index (χ1) is 14.3. The van der Waals surface area contributed by atoms with E-state index >= 15 is 0 Å². The molecule has 4 nitrogen and oxygen atoms in total. The van der Waals surface area contributed by atoms with E-state index in [0.29, 0.717) is 30.6 Å². The van der Waals surface area contributed by atoms with Crippen LogP contribution in [0.3, 0.4) is 0 Å².